The van der Waals surface area contributed by atoms with Gasteiger partial charge < -0.3 is 5.11 Å². The van der Waals surface area contributed by atoms with Gasteiger partial charge in [0.15, 0.2) is 0 Å². The van der Waals surface area contributed by atoms with Crippen LogP contribution in [0.1, 0.15) is 24.8 Å². The number of thiophene rings is 1. The average molecular weight is 270 g/mol. The molecule has 1 heterocycles. The van der Waals surface area contributed by atoms with E-state index >= 15 is 0 Å². The average Bonchev–Trinajstić information content (AvgIpc) is 3.03. The normalized spacial score (nSPS) is 14.9. The Kier molecular flexibility index (Phi) is 3.93. The van der Waals surface area contributed by atoms with Crippen LogP contribution < -0.4 is 0 Å². The quantitative estimate of drug-likeness (QED) is 0.606. The predicted molar refractivity (Wildman–Crippen MR) is 66.7 cm³/mol. The molecule has 18 heavy (non-hydrogen) atoms. The maximum absolute atomic E-state index is 10.6. The van der Waals surface area contributed by atoms with Crippen LogP contribution in [-0.4, -0.2) is 33.5 Å². The Balaban J connectivity index is 1.94. The summed E-state index contributed by atoms with van der Waals surface area (Å²) in [5.41, 5.74) is 0.893. The molecular formula is C11H14N2O4S. The maximum atomic E-state index is 10.6. The Morgan fingerprint density at radius 1 is 1.61 bits per heavy atom. The van der Waals surface area contributed by atoms with Crippen molar-refractivity contribution in [2.75, 3.05) is 6.54 Å². The van der Waals surface area contributed by atoms with Crippen LogP contribution in [0.25, 0.3) is 0 Å². The van der Waals surface area contributed by atoms with Crippen molar-refractivity contribution in [1.29, 1.82) is 0 Å². The Morgan fingerprint density at radius 2 is 2.33 bits per heavy atom. The fourth-order valence-corrected chi connectivity index (χ4v) is 2.57. The SMILES string of the molecule is O=C(O)CCN(Cc1csc([N+](=O)[O-])c1)C1CC1. The third-order valence-electron chi connectivity index (χ3n) is 2.88. The Labute approximate surface area is 108 Å². The lowest BCUT2D eigenvalue weighted by molar-refractivity contribution is -0.380. The zero-order valence-electron chi connectivity index (χ0n) is 9.74. The third kappa shape index (κ3) is 3.51. The fraction of sp³-hybridized carbons (Fsp3) is 0.545. The number of rotatable bonds is 7. The zero-order chi connectivity index (χ0) is 13.1. The summed E-state index contributed by atoms with van der Waals surface area (Å²) < 4.78 is 0. The van der Waals surface area contributed by atoms with Crippen molar-refractivity contribution >= 4 is 22.3 Å². The minimum atomic E-state index is -0.808. The summed E-state index contributed by atoms with van der Waals surface area (Å²) in [6.07, 6.45) is 2.29. The highest BCUT2D eigenvalue weighted by Gasteiger charge is 2.29. The van der Waals surface area contributed by atoms with Gasteiger partial charge in [0.2, 0.25) is 0 Å². The highest BCUT2D eigenvalue weighted by molar-refractivity contribution is 7.13. The molecule has 1 aliphatic carbocycles. The van der Waals surface area contributed by atoms with E-state index in [4.69, 9.17) is 5.11 Å². The van der Waals surface area contributed by atoms with E-state index in [1.54, 1.807) is 11.4 Å². The van der Waals surface area contributed by atoms with Crippen molar-refractivity contribution in [3.05, 3.63) is 27.1 Å². The fourth-order valence-electron chi connectivity index (χ4n) is 1.85. The van der Waals surface area contributed by atoms with Crippen molar-refractivity contribution in [2.24, 2.45) is 0 Å². The molecule has 1 fully saturated rings. The Morgan fingerprint density at radius 3 is 2.83 bits per heavy atom. The van der Waals surface area contributed by atoms with Gasteiger partial charge in [-0.05, 0) is 18.4 Å². The molecule has 7 heteroatoms. The predicted octanol–water partition coefficient (Wildman–Crippen LogP) is 2.10. The molecule has 0 saturated heterocycles. The molecule has 1 saturated carbocycles. The number of nitrogens with zero attached hydrogens (tertiary/aromatic N) is 2. The molecule has 2 rings (SSSR count). The van der Waals surface area contributed by atoms with Gasteiger partial charge in [0.05, 0.1) is 11.3 Å². The van der Waals surface area contributed by atoms with Gasteiger partial charge in [0, 0.05) is 30.6 Å². The first kappa shape index (κ1) is 13.0. The van der Waals surface area contributed by atoms with E-state index in [9.17, 15) is 14.9 Å². The molecule has 0 unspecified atom stereocenters. The first-order chi connectivity index (χ1) is 8.56. The van der Waals surface area contributed by atoms with E-state index in [2.05, 4.69) is 4.90 Å². The highest BCUT2D eigenvalue weighted by Crippen LogP contribution is 2.30. The molecule has 1 N–H and O–H groups in total. The number of carboxylic acid groups (broad SMARTS) is 1. The standard InChI is InChI=1S/C11H14N2O4S/c14-11(15)3-4-12(9-1-2-9)6-8-5-10(13(16)17)18-7-8/h5,7,9H,1-4,6H2,(H,14,15). The lowest BCUT2D eigenvalue weighted by Crippen LogP contribution is -2.27. The molecular weight excluding hydrogens is 256 g/mol. The van der Waals surface area contributed by atoms with E-state index in [0.717, 1.165) is 29.7 Å². The van der Waals surface area contributed by atoms with E-state index in [-0.39, 0.29) is 11.4 Å². The minimum Gasteiger partial charge on any atom is -0.481 e. The third-order valence-corrected chi connectivity index (χ3v) is 3.81. The van der Waals surface area contributed by atoms with Crippen LogP contribution in [0.3, 0.4) is 0 Å². The summed E-state index contributed by atoms with van der Waals surface area (Å²) in [7, 11) is 0. The van der Waals surface area contributed by atoms with Crippen LogP contribution in [-0.2, 0) is 11.3 Å². The van der Waals surface area contributed by atoms with Crippen molar-refractivity contribution < 1.29 is 14.8 Å². The molecule has 1 aromatic heterocycles. The van der Waals surface area contributed by atoms with Crippen molar-refractivity contribution in [2.45, 2.75) is 31.8 Å². The number of hydrogen-bond donors (Lipinski definition) is 1. The zero-order valence-corrected chi connectivity index (χ0v) is 10.6. The van der Waals surface area contributed by atoms with Crippen LogP contribution in [0.4, 0.5) is 5.00 Å². The molecule has 0 aromatic carbocycles. The molecule has 0 radical (unpaired) electrons. The number of nitro groups is 1. The van der Waals surface area contributed by atoms with Crippen molar-refractivity contribution in [3.63, 3.8) is 0 Å². The van der Waals surface area contributed by atoms with Crippen LogP contribution in [0.2, 0.25) is 0 Å². The number of hydrogen-bond acceptors (Lipinski definition) is 5. The van der Waals surface area contributed by atoms with E-state index in [1.165, 1.54) is 0 Å². The lowest BCUT2D eigenvalue weighted by atomic mass is 10.3. The Hall–Kier alpha value is -1.47. The summed E-state index contributed by atoms with van der Waals surface area (Å²) in [5.74, 6) is -0.808. The second-order valence-corrected chi connectivity index (χ2v) is 5.29. The molecule has 0 amide bonds. The maximum Gasteiger partial charge on any atom is 0.324 e. The van der Waals surface area contributed by atoms with Gasteiger partial charge in [-0.3, -0.25) is 19.8 Å². The molecule has 6 nitrogen and oxygen atoms in total. The van der Waals surface area contributed by atoms with Gasteiger partial charge in [-0.15, -0.1) is 0 Å². The Bertz CT molecular complexity index is 456. The highest BCUT2D eigenvalue weighted by atomic mass is 32.1. The first-order valence-electron chi connectivity index (χ1n) is 5.74. The van der Waals surface area contributed by atoms with Gasteiger partial charge in [-0.25, -0.2) is 0 Å². The second-order valence-electron chi connectivity index (χ2n) is 4.40. The smallest absolute Gasteiger partial charge is 0.324 e. The van der Waals surface area contributed by atoms with E-state index < -0.39 is 10.9 Å². The molecule has 1 aromatic rings. The number of carboxylic acids is 1. The summed E-state index contributed by atoms with van der Waals surface area (Å²) in [4.78, 5) is 22.9. The van der Waals surface area contributed by atoms with Crippen LogP contribution in [0.15, 0.2) is 11.4 Å². The molecule has 1 aliphatic rings. The van der Waals surface area contributed by atoms with E-state index in [1.807, 2.05) is 0 Å². The minimum absolute atomic E-state index is 0.114. The summed E-state index contributed by atoms with van der Waals surface area (Å²) in [5, 5.41) is 21.2. The van der Waals surface area contributed by atoms with Gasteiger partial charge in [0.1, 0.15) is 0 Å². The number of aliphatic carboxylic acids is 1. The largest absolute Gasteiger partial charge is 0.481 e. The van der Waals surface area contributed by atoms with Gasteiger partial charge in [-0.2, -0.15) is 0 Å². The van der Waals surface area contributed by atoms with Crippen molar-refractivity contribution in [3.8, 4) is 0 Å². The van der Waals surface area contributed by atoms with Crippen LogP contribution >= 0.6 is 11.3 Å². The van der Waals surface area contributed by atoms with Gasteiger partial charge in [-0.1, -0.05) is 11.3 Å². The van der Waals surface area contributed by atoms with Crippen LogP contribution in [0, 0.1) is 10.1 Å². The number of carbonyl (C=O) groups is 1. The topological polar surface area (TPSA) is 83.7 Å². The molecule has 0 bridgehead atoms. The van der Waals surface area contributed by atoms with Gasteiger partial charge >= 0.3 is 11.0 Å². The van der Waals surface area contributed by atoms with E-state index in [0.29, 0.717) is 19.1 Å². The lowest BCUT2D eigenvalue weighted by Gasteiger charge is -2.20. The molecule has 0 spiro atoms. The van der Waals surface area contributed by atoms with Crippen LogP contribution in [0.5, 0.6) is 0 Å². The van der Waals surface area contributed by atoms with Gasteiger partial charge in [0.25, 0.3) is 0 Å². The second kappa shape index (κ2) is 5.45. The molecule has 98 valence electrons. The molecule has 0 atom stereocenters. The monoisotopic (exact) mass is 270 g/mol. The summed E-state index contributed by atoms with van der Waals surface area (Å²) in [6, 6.07) is 2.02. The molecule has 0 aliphatic heterocycles. The summed E-state index contributed by atoms with van der Waals surface area (Å²) in [6.45, 7) is 1.10. The van der Waals surface area contributed by atoms with Crippen molar-refractivity contribution in [1.82, 2.24) is 4.90 Å². The summed E-state index contributed by atoms with van der Waals surface area (Å²) >= 11 is 1.11. The first-order valence-corrected chi connectivity index (χ1v) is 6.62.